The van der Waals surface area contributed by atoms with Crippen LogP contribution in [0.25, 0.3) is 0 Å². The van der Waals surface area contributed by atoms with Gasteiger partial charge >= 0.3 is 0 Å². The SMILES string of the molecule is CCC(C)NCCC1(N)CCCC1. The highest BCUT2D eigenvalue weighted by Gasteiger charge is 2.28. The summed E-state index contributed by atoms with van der Waals surface area (Å²) >= 11 is 0. The Balaban J connectivity index is 2.11. The van der Waals surface area contributed by atoms with Gasteiger partial charge in [0.05, 0.1) is 0 Å². The molecule has 3 N–H and O–H groups in total. The number of nitrogens with two attached hydrogens (primary N) is 1. The topological polar surface area (TPSA) is 38.0 Å². The second-order valence-electron chi connectivity index (χ2n) is 4.58. The molecule has 0 amide bonds. The average molecular weight is 184 g/mol. The van der Waals surface area contributed by atoms with Crippen LogP contribution in [0.15, 0.2) is 0 Å². The highest BCUT2D eigenvalue weighted by molar-refractivity contribution is 4.89. The van der Waals surface area contributed by atoms with E-state index in [1.54, 1.807) is 0 Å². The Morgan fingerprint density at radius 2 is 2.00 bits per heavy atom. The molecule has 1 rings (SSSR count). The van der Waals surface area contributed by atoms with Gasteiger partial charge in [0.25, 0.3) is 0 Å². The summed E-state index contributed by atoms with van der Waals surface area (Å²) in [5, 5.41) is 3.50. The lowest BCUT2D eigenvalue weighted by Gasteiger charge is -2.24. The normalized spacial score (nSPS) is 23.3. The molecule has 2 nitrogen and oxygen atoms in total. The van der Waals surface area contributed by atoms with E-state index in [4.69, 9.17) is 5.73 Å². The molecule has 0 aliphatic heterocycles. The zero-order valence-corrected chi connectivity index (χ0v) is 9.10. The van der Waals surface area contributed by atoms with Gasteiger partial charge in [0, 0.05) is 11.6 Å². The van der Waals surface area contributed by atoms with E-state index in [1.807, 2.05) is 0 Å². The quantitative estimate of drug-likeness (QED) is 0.686. The Hall–Kier alpha value is -0.0800. The van der Waals surface area contributed by atoms with Gasteiger partial charge in [0.15, 0.2) is 0 Å². The average Bonchev–Trinajstić information content (AvgIpc) is 2.52. The van der Waals surface area contributed by atoms with Crippen molar-refractivity contribution in [3.8, 4) is 0 Å². The summed E-state index contributed by atoms with van der Waals surface area (Å²) in [5.41, 5.74) is 6.41. The van der Waals surface area contributed by atoms with Gasteiger partial charge < -0.3 is 11.1 Å². The summed E-state index contributed by atoms with van der Waals surface area (Å²) in [6.07, 6.45) is 7.49. The van der Waals surface area contributed by atoms with E-state index in [2.05, 4.69) is 19.2 Å². The maximum Gasteiger partial charge on any atom is 0.0166 e. The number of rotatable bonds is 5. The highest BCUT2D eigenvalue weighted by atomic mass is 14.9. The predicted octanol–water partition coefficient (Wildman–Crippen LogP) is 2.04. The molecule has 13 heavy (non-hydrogen) atoms. The molecule has 0 spiro atoms. The van der Waals surface area contributed by atoms with Crippen LogP contribution < -0.4 is 11.1 Å². The fourth-order valence-electron chi connectivity index (χ4n) is 2.04. The molecule has 78 valence electrons. The molecule has 1 aliphatic rings. The van der Waals surface area contributed by atoms with Crippen LogP contribution in [-0.4, -0.2) is 18.1 Å². The van der Waals surface area contributed by atoms with Crippen LogP contribution in [0.2, 0.25) is 0 Å². The van der Waals surface area contributed by atoms with Crippen LogP contribution in [0.1, 0.15) is 52.4 Å². The van der Waals surface area contributed by atoms with Crippen molar-refractivity contribution < 1.29 is 0 Å². The molecule has 1 unspecified atom stereocenters. The van der Waals surface area contributed by atoms with Crippen LogP contribution in [0, 0.1) is 0 Å². The van der Waals surface area contributed by atoms with Crippen molar-refractivity contribution in [3.63, 3.8) is 0 Å². The molecular weight excluding hydrogens is 160 g/mol. The second-order valence-corrected chi connectivity index (χ2v) is 4.58. The van der Waals surface area contributed by atoms with Gasteiger partial charge in [-0.2, -0.15) is 0 Å². The van der Waals surface area contributed by atoms with E-state index >= 15 is 0 Å². The standard InChI is InChI=1S/C11H24N2/c1-3-10(2)13-9-8-11(12)6-4-5-7-11/h10,13H,3-9,12H2,1-2H3. The molecule has 1 atom stereocenters. The molecule has 0 radical (unpaired) electrons. The maximum absolute atomic E-state index is 6.25. The minimum Gasteiger partial charge on any atom is -0.325 e. The predicted molar refractivity (Wildman–Crippen MR) is 57.8 cm³/mol. The summed E-state index contributed by atoms with van der Waals surface area (Å²) in [5.74, 6) is 0. The van der Waals surface area contributed by atoms with E-state index in [0.717, 1.165) is 13.0 Å². The number of hydrogen-bond acceptors (Lipinski definition) is 2. The lowest BCUT2D eigenvalue weighted by atomic mass is 9.95. The minimum absolute atomic E-state index is 0.167. The summed E-state index contributed by atoms with van der Waals surface area (Å²) in [6, 6.07) is 0.644. The number of nitrogens with one attached hydrogen (secondary N) is 1. The summed E-state index contributed by atoms with van der Waals surface area (Å²) < 4.78 is 0. The van der Waals surface area contributed by atoms with Gasteiger partial charge in [0.2, 0.25) is 0 Å². The first-order valence-electron chi connectivity index (χ1n) is 5.68. The number of hydrogen-bond donors (Lipinski definition) is 2. The van der Waals surface area contributed by atoms with Crippen LogP contribution >= 0.6 is 0 Å². The van der Waals surface area contributed by atoms with Crippen molar-refractivity contribution in [2.75, 3.05) is 6.54 Å². The van der Waals surface area contributed by atoms with Gasteiger partial charge in [-0.15, -0.1) is 0 Å². The maximum atomic E-state index is 6.25. The van der Waals surface area contributed by atoms with Crippen molar-refractivity contribution in [1.82, 2.24) is 5.32 Å². The van der Waals surface area contributed by atoms with Crippen LogP contribution in [0.3, 0.4) is 0 Å². The largest absolute Gasteiger partial charge is 0.325 e. The molecule has 0 aromatic heterocycles. The van der Waals surface area contributed by atoms with Gasteiger partial charge in [0.1, 0.15) is 0 Å². The lowest BCUT2D eigenvalue weighted by molar-refractivity contribution is 0.380. The van der Waals surface area contributed by atoms with Crippen LogP contribution in [0.5, 0.6) is 0 Å². The highest BCUT2D eigenvalue weighted by Crippen LogP contribution is 2.29. The van der Waals surface area contributed by atoms with E-state index in [0.29, 0.717) is 6.04 Å². The molecule has 0 aromatic rings. The van der Waals surface area contributed by atoms with Gasteiger partial charge in [-0.05, 0) is 39.2 Å². The van der Waals surface area contributed by atoms with E-state index in [-0.39, 0.29) is 5.54 Å². The van der Waals surface area contributed by atoms with E-state index in [9.17, 15) is 0 Å². The molecule has 0 bridgehead atoms. The van der Waals surface area contributed by atoms with Crippen molar-refractivity contribution in [2.45, 2.75) is 64.0 Å². The first-order chi connectivity index (χ1) is 6.16. The van der Waals surface area contributed by atoms with Crippen LogP contribution in [-0.2, 0) is 0 Å². The van der Waals surface area contributed by atoms with Crippen LogP contribution in [0.4, 0.5) is 0 Å². The molecule has 1 fully saturated rings. The third kappa shape index (κ3) is 3.65. The molecule has 0 saturated heterocycles. The second kappa shape index (κ2) is 4.97. The Labute approximate surface area is 82.3 Å². The molecular formula is C11H24N2. The lowest BCUT2D eigenvalue weighted by Crippen LogP contribution is -2.40. The van der Waals surface area contributed by atoms with Crippen molar-refractivity contribution in [3.05, 3.63) is 0 Å². The fourth-order valence-corrected chi connectivity index (χ4v) is 2.04. The Kier molecular flexibility index (Phi) is 4.20. The third-order valence-corrected chi connectivity index (χ3v) is 3.33. The molecule has 0 aromatic carbocycles. The summed E-state index contributed by atoms with van der Waals surface area (Å²) in [6.45, 7) is 5.54. The zero-order valence-electron chi connectivity index (χ0n) is 9.10. The summed E-state index contributed by atoms with van der Waals surface area (Å²) in [7, 11) is 0. The van der Waals surface area contributed by atoms with E-state index < -0.39 is 0 Å². The van der Waals surface area contributed by atoms with Gasteiger partial charge in [-0.1, -0.05) is 19.8 Å². The van der Waals surface area contributed by atoms with Crippen molar-refractivity contribution in [2.24, 2.45) is 5.73 Å². The van der Waals surface area contributed by atoms with Gasteiger partial charge in [-0.25, -0.2) is 0 Å². The fraction of sp³-hybridized carbons (Fsp3) is 1.00. The summed E-state index contributed by atoms with van der Waals surface area (Å²) in [4.78, 5) is 0. The Morgan fingerprint density at radius 1 is 1.38 bits per heavy atom. The minimum atomic E-state index is 0.167. The first-order valence-corrected chi connectivity index (χ1v) is 5.68. The molecule has 0 heterocycles. The molecule has 1 saturated carbocycles. The monoisotopic (exact) mass is 184 g/mol. The third-order valence-electron chi connectivity index (χ3n) is 3.33. The van der Waals surface area contributed by atoms with Gasteiger partial charge in [-0.3, -0.25) is 0 Å². The Morgan fingerprint density at radius 3 is 2.54 bits per heavy atom. The smallest absolute Gasteiger partial charge is 0.0166 e. The molecule has 2 heteroatoms. The van der Waals surface area contributed by atoms with Crippen molar-refractivity contribution in [1.29, 1.82) is 0 Å². The molecule has 1 aliphatic carbocycles. The van der Waals surface area contributed by atoms with Crippen molar-refractivity contribution >= 4 is 0 Å². The first kappa shape index (κ1) is 11.0. The van der Waals surface area contributed by atoms with E-state index in [1.165, 1.54) is 32.1 Å². The zero-order chi connectivity index (χ0) is 9.73. The Bertz CT molecular complexity index is 139.